The third kappa shape index (κ3) is 3.05. The summed E-state index contributed by atoms with van der Waals surface area (Å²) in [5.41, 5.74) is 3.00. The van der Waals surface area contributed by atoms with Gasteiger partial charge in [0.25, 0.3) is 0 Å². The lowest BCUT2D eigenvalue weighted by atomic mass is 10.2. The number of hydrogen-bond donors (Lipinski definition) is 1. The number of nitrogens with zero attached hydrogens (tertiary/aromatic N) is 1. The summed E-state index contributed by atoms with van der Waals surface area (Å²) in [7, 11) is 0. The Morgan fingerprint density at radius 1 is 1.19 bits per heavy atom. The summed E-state index contributed by atoms with van der Waals surface area (Å²) < 4.78 is 0. The fraction of sp³-hybridized carbons (Fsp3) is 0.235. The molecule has 0 bridgehead atoms. The molecular weight excluding hydrogens is 280 g/mol. The van der Waals surface area contributed by atoms with Crippen molar-refractivity contribution in [2.24, 2.45) is 0 Å². The summed E-state index contributed by atoms with van der Waals surface area (Å²) in [4.78, 5) is 15.6. The van der Waals surface area contributed by atoms with Crippen molar-refractivity contribution in [3.8, 4) is 0 Å². The number of urea groups is 1. The van der Waals surface area contributed by atoms with Crippen LogP contribution in [0.15, 0.2) is 53.4 Å². The normalized spacial score (nSPS) is 17.2. The van der Waals surface area contributed by atoms with Crippen LogP contribution in [0.5, 0.6) is 0 Å². The molecule has 21 heavy (non-hydrogen) atoms. The molecule has 0 spiro atoms. The Morgan fingerprint density at radius 2 is 1.90 bits per heavy atom. The molecule has 4 heteroatoms. The van der Waals surface area contributed by atoms with Crippen LogP contribution in [0, 0.1) is 6.92 Å². The van der Waals surface area contributed by atoms with E-state index in [1.165, 1.54) is 5.56 Å². The summed E-state index contributed by atoms with van der Waals surface area (Å²) in [5.74, 6) is 0. The predicted molar refractivity (Wildman–Crippen MR) is 89.3 cm³/mol. The summed E-state index contributed by atoms with van der Waals surface area (Å²) in [6, 6.07) is 15.9. The van der Waals surface area contributed by atoms with Gasteiger partial charge in [-0.05, 0) is 31.2 Å². The summed E-state index contributed by atoms with van der Waals surface area (Å²) >= 11 is 1.82. The van der Waals surface area contributed by atoms with Gasteiger partial charge in [0.15, 0.2) is 0 Å². The van der Waals surface area contributed by atoms with Crippen LogP contribution in [-0.2, 0) is 0 Å². The number of nitrogens with one attached hydrogen (secondary N) is 1. The van der Waals surface area contributed by atoms with Gasteiger partial charge >= 0.3 is 6.03 Å². The minimum Gasteiger partial charge on any atom is -0.308 e. The van der Waals surface area contributed by atoms with Gasteiger partial charge in [0, 0.05) is 22.4 Å². The summed E-state index contributed by atoms with van der Waals surface area (Å²) in [6.07, 6.45) is 0. The molecule has 0 aliphatic carbocycles. The lowest BCUT2D eigenvalue weighted by Gasteiger charge is -2.32. The molecule has 1 unspecified atom stereocenters. The second kappa shape index (κ2) is 5.82. The van der Waals surface area contributed by atoms with Crippen molar-refractivity contribution < 1.29 is 4.79 Å². The number of fused-ring (bicyclic) bond motifs is 1. The zero-order valence-electron chi connectivity index (χ0n) is 12.2. The van der Waals surface area contributed by atoms with Crippen LogP contribution in [0.3, 0.4) is 0 Å². The van der Waals surface area contributed by atoms with E-state index in [0.29, 0.717) is 5.25 Å². The predicted octanol–water partition coefficient (Wildman–Crippen LogP) is 4.53. The molecule has 0 saturated heterocycles. The maximum absolute atomic E-state index is 12.6. The van der Waals surface area contributed by atoms with Crippen molar-refractivity contribution in [3.05, 3.63) is 54.1 Å². The van der Waals surface area contributed by atoms with E-state index in [4.69, 9.17) is 0 Å². The molecule has 0 saturated carbocycles. The number of carbonyl (C=O) groups excluding carboxylic acids is 1. The van der Waals surface area contributed by atoms with Crippen molar-refractivity contribution in [1.29, 1.82) is 0 Å². The van der Waals surface area contributed by atoms with Gasteiger partial charge in [0.2, 0.25) is 0 Å². The molecule has 2 aromatic rings. The first-order chi connectivity index (χ1) is 10.1. The van der Waals surface area contributed by atoms with Crippen molar-refractivity contribution >= 4 is 29.2 Å². The Balaban J connectivity index is 1.83. The quantitative estimate of drug-likeness (QED) is 0.839. The van der Waals surface area contributed by atoms with Crippen LogP contribution < -0.4 is 10.2 Å². The molecule has 2 amide bonds. The minimum absolute atomic E-state index is 0.0709. The van der Waals surface area contributed by atoms with Gasteiger partial charge in [-0.1, -0.05) is 36.8 Å². The van der Waals surface area contributed by atoms with Crippen LogP contribution in [0.4, 0.5) is 16.2 Å². The average molecular weight is 298 g/mol. The monoisotopic (exact) mass is 298 g/mol. The van der Waals surface area contributed by atoms with E-state index in [1.54, 1.807) is 0 Å². The standard InChI is InChI=1S/C17H18N2OS/c1-12-7-9-14(10-8-12)18-17(20)19-11-13(2)21-16-6-4-3-5-15(16)19/h3-10,13H,11H2,1-2H3,(H,18,20). The molecule has 2 aromatic carbocycles. The SMILES string of the molecule is Cc1ccc(NC(=O)N2CC(C)Sc3ccccc32)cc1. The number of carbonyl (C=O) groups is 1. The maximum atomic E-state index is 12.6. The van der Waals surface area contributed by atoms with Crippen LogP contribution in [0.25, 0.3) is 0 Å². The van der Waals surface area contributed by atoms with Crippen molar-refractivity contribution in [1.82, 2.24) is 0 Å². The van der Waals surface area contributed by atoms with Gasteiger partial charge in [-0.25, -0.2) is 4.79 Å². The maximum Gasteiger partial charge on any atom is 0.326 e. The lowest BCUT2D eigenvalue weighted by Crippen LogP contribution is -2.41. The van der Waals surface area contributed by atoms with Gasteiger partial charge in [0.1, 0.15) is 0 Å². The third-order valence-corrected chi connectivity index (χ3v) is 4.62. The molecule has 1 atom stereocenters. The number of amides is 2. The Labute approximate surface area is 129 Å². The fourth-order valence-corrected chi connectivity index (χ4v) is 3.52. The first-order valence-electron chi connectivity index (χ1n) is 7.04. The highest BCUT2D eigenvalue weighted by atomic mass is 32.2. The first kappa shape index (κ1) is 14.0. The van der Waals surface area contributed by atoms with Crippen LogP contribution in [0.2, 0.25) is 0 Å². The first-order valence-corrected chi connectivity index (χ1v) is 7.92. The van der Waals surface area contributed by atoms with Crippen molar-refractivity contribution in [2.45, 2.75) is 24.0 Å². The molecule has 0 radical (unpaired) electrons. The smallest absolute Gasteiger partial charge is 0.308 e. The highest BCUT2D eigenvalue weighted by Crippen LogP contribution is 2.38. The Kier molecular flexibility index (Phi) is 3.88. The molecule has 1 N–H and O–H groups in total. The number of para-hydroxylation sites is 1. The molecular formula is C17H18N2OS. The van der Waals surface area contributed by atoms with E-state index in [2.05, 4.69) is 18.3 Å². The highest BCUT2D eigenvalue weighted by molar-refractivity contribution is 8.00. The highest BCUT2D eigenvalue weighted by Gasteiger charge is 2.26. The molecule has 3 rings (SSSR count). The van der Waals surface area contributed by atoms with Gasteiger partial charge < -0.3 is 5.32 Å². The van der Waals surface area contributed by atoms with Gasteiger partial charge in [0.05, 0.1) is 5.69 Å². The topological polar surface area (TPSA) is 32.3 Å². The van der Waals surface area contributed by atoms with Crippen LogP contribution in [0.1, 0.15) is 12.5 Å². The Bertz CT molecular complexity index is 654. The number of anilines is 2. The van der Waals surface area contributed by atoms with E-state index < -0.39 is 0 Å². The molecule has 0 aromatic heterocycles. The van der Waals surface area contributed by atoms with E-state index >= 15 is 0 Å². The number of thioether (sulfide) groups is 1. The molecule has 3 nitrogen and oxygen atoms in total. The van der Waals surface area contributed by atoms with E-state index in [0.717, 1.165) is 22.8 Å². The molecule has 108 valence electrons. The zero-order chi connectivity index (χ0) is 14.8. The number of hydrogen-bond acceptors (Lipinski definition) is 2. The average Bonchev–Trinajstić information content (AvgIpc) is 2.48. The van der Waals surface area contributed by atoms with E-state index in [-0.39, 0.29) is 6.03 Å². The molecule has 1 aliphatic heterocycles. The zero-order valence-corrected chi connectivity index (χ0v) is 13.0. The third-order valence-electron chi connectivity index (χ3n) is 3.47. The Hall–Kier alpha value is -1.94. The van der Waals surface area contributed by atoms with Crippen LogP contribution >= 0.6 is 11.8 Å². The van der Waals surface area contributed by atoms with Crippen LogP contribution in [-0.4, -0.2) is 17.8 Å². The minimum atomic E-state index is -0.0709. The van der Waals surface area contributed by atoms with E-state index in [1.807, 2.05) is 66.1 Å². The van der Waals surface area contributed by atoms with Gasteiger partial charge in [-0.3, -0.25) is 4.90 Å². The Morgan fingerprint density at radius 3 is 2.67 bits per heavy atom. The van der Waals surface area contributed by atoms with Crippen molar-refractivity contribution in [3.63, 3.8) is 0 Å². The molecule has 0 fully saturated rings. The molecule has 1 heterocycles. The molecule has 1 aliphatic rings. The largest absolute Gasteiger partial charge is 0.326 e. The van der Waals surface area contributed by atoms with E-state index in [9.17, 15) is 4.79 Å². The van der Waals surface area contributed by atoms with Crippen molar-refractivity contribution in [2.75, 3.05) is 16.8 Å². The number of benzene rings is 2. The van der Waals surface area contributed by atoms with Gasteiger partial charge in [-0.15, -0.1) is 11.8 Å². The summed E-state index contributed by atoms with van der Waals surface area (Å²) in [6.45, 7) is 4.90. The lowest BCUT2D eigenvalue weighted by molar-refractivity contribution is 0.256. The fourth-order valence-electron chi connectivity index (χ4n) is 2.41. The number of aryl methyl sites for hydroxylation is 1. The second-order valence-electron chi connectivity index (χ2n) is 5.30. The summed E-state index contributed by atoms with van der Waals surface area (Å²) in [5, 5.41) is 3.37. The van der Waals surface area contributed by atoms with Gasteiger partial charge in [-0.2, -0.15) is 0 Å². The number of rotatable bonds is 1. The second-order valence-corrected chi connectivity index (χ2v) is 6.78.